The molecule has 0 saturated carbocycles. The summed E-state index contributed by atoms with van der Waals surface area (Å²) in [7, 11) is 0. The van der Waals surface area contributed by atoms with E-state index in [1.165, 1.54) is 12.1 Å². The number of anilines is 1. The molecule has 2 rings (SSSR count). The highest BCUT2D eigenvalue weighted by Crippen LogP contribution is 2.27. The Labute approximate surface area is 112 Å². The number of benzene rings is 2. The van der Waals surface area contributed by atoms with Crippen molar-refractivity contribution in [1.82, 2.24) is 0 Å². The number of rotatable bonds is 5. The van der Waals surface area contributed by atoms with E-state index < -0.39 is 0 Å². The Morgan fingerprint density at radius 3 is 2.53 bits per heavy atom. The summed E-state index contributed by atoms with van der Waals surface area (Å²) in [5.41, 5.74) is 3.02. The van der Waals surface area contributed by atoms with Crippen LogP contribution in [0.15, 0.2) is 48.5 Å². The first-order chi connectivity index (χ1) is 9.31. The number of unbranched alkanes of at least 4 members (excludes halogenated alkanes) is 1. The molecule has 0 unspecified atom stereocenters. The molecular formula is C16H15FN2. The van der Waals surface area contributed by atoms with Crippen molar-refractivity contribution in [2.45, 2.75) is 12.8 Å². The minimum atomic E-state index is -0.233. The van der Waals surface area contributed by atoms with Crippen LogP contribution in [0.25, 0.3) is 11.1 Å². The molecule has 0 aliphatic heterocycles. The molecule has 0 bridgehead atoms. The third-order valence-corrected chi connectivity index (χ3v) is 2.86. The summed E-state index contributed by atoms with van der Waals surface area (Å²) in [6.07, 6.45) is 1.36. The van der Waals surface area contributed by atoms with Crippen molar-refractivity contribution in [2.24, 2.45) is 0 Å². The van der Waals surface area contributed by atoms with E-state index in [0.717, 1.165) is 29.8 Å². The topological polar surface area (TPSA) is 35.8 Å². The molecule has 3 heteroatoms. The third-order valence-electron chi connectivity index (χ3n) is 2.86. The van der Waals surface area contributed by atoms with Gasteiger partial charge in [-0.15, -0.1) is 0 Å². The van der Waals surface area contributed by atoms with Gasteiger partial charge >= 0.3 is 0 Å². The van der Waals surface area contributed by atoms with E-state index in [2.05, 4.69) is 11.4 Å². The standard InChI is InChI=1S/C16H15FN2/c17-14-9-7-13(8-10-14)15-5-1-2-6-16(15)19-12-4-3-11-18/h1-2,5-10,19H,3-4,12H2. The molecule has 0 aliphatic carbocycles. The molecule has 0 fully saturated rings. The Kier molecular flexibility index (Phi) is 4.52. The van der Waals surface area contributed by atoms with Gasteiger partial charge in [0.2, 0.25) is 0 Å². The van der Waals surface area contributed by atoms with E-state index in [4.69, 9.17) is 5.26 Å². The number of halogens is 1. The lowest BCUT2D eigenvalue weighted by molar-refractivity contribution is 0.628. The molecule has 0 heterocycles. The Hall–Kier alpha value is -2.34. The minimum Gasteiger partial charge on any atom is -0.385 e. The van der Waals surface area contributed by atoms with Crippen molar-refractivity contribution in [3.63, 3.8) is 0 Å². The van der Waals surface area contributed by atoms with E-state index in [0.29, 0.717) is 6.42 Å². The fraction of sp³-hybridized carbons (Fsp3) is 0.188. The van der Waals surface area contributed by atoms with Crippen molar-refractivity contribution < 1.29 is 4.39 Å². The minimum absolute atomic E-state index is 0.233. The summed E-state index contributed by atoms with van der Waals surface area (Å²) in [6, 6.07) is 16.5. The predicted molar refractivity (Wildman–Crippen MR) is 75.2 cm³/mol. The van der Waals surface area contributed by atoms with Gasteiger partial charge in [-0.05, 0) is 30.2 Å². The van der Waals surface area contributed by atoms with Crippen LogP contribution in [-0.4, -0.2) is 6.54 Å². The van der Waals surface area contributed by atoms with Crippen molar-refractivity contribution in [3.8, 4) is 17.2 Å². The molecule has 0 saturated heterocycles. The van der Waals surface area contributed by atoms with E-state index in [1.807, 2.05) is 24.3 Å². The molecule has 2 aromatic carbocycles. The molecule has 0 aliphatic rings. The van der Waals surface area contributed by atoms with Crippen LogP contribution in [0.1, 0.15) is 12.8 Å². The molecule has 0 spiro atoms. The summed E-state index contributed by atoms with van der Waals surface area (Å²) < 4.78 is 12.9. The second-order valence-corrected chi connectivity index (χ2v) is 4.24. The first-order valence-electron chi connectivity index (χ1n) is 6.27. The van der Waals surface area contributed by atoms with Gasteiger partial charge in [-0.3, -0.25) is 0 Å². The molecule has 2 nitrogen and oxygen atoms in total. The smallest absolute Gasteiger partial charge is 0.123 e. The first kappa shape index (κ1) is 13.1. The number of nitrogens with one attached hydrogen (secondary N) is 1. The van der Waals surface area contributed by atoms with Crippen LogP contribution in [0.5, 0.6) is 0 Å². The summed E-state index contributed by atoms with van der Waals surface area (Å²) >= 11 is 0. The van der Waals surface area contributed by atoms with E-state index in [9.17, 15) is 4.39 Å². The highest BCUT2D eigenvalue weighted by atomic mass is 19.1. The first-order valence-corrected chi connectivity index (χ1v) is 6.27. The lowest BCUT2D eigenvalue weighted by atomic mass is 10.0. The van der Waals surface area contributed by atoms with Crippen LogP contribution in [-0.2, 0) is 0 Å². The van der Waals surface area contributed by atoms with Gasteiger partial charge in [-0.25, -0.2) is 4.39 Å². The summed E-state index contributed by atoms with van der Waals surface area (Å²) in [5, 5.41) is 11.8. The lowest BCUT2D eigenvalue weighted by Gasteiger charge is -2.11. The Morgan fingerprint density at radius 2 is 1.79 bits per heavy atom. The van der Waals surface area contributed by atoms with Crippen LogP contribution >= 0.6 is 0 Å². The van der Waals surface area contributed by atoms with Crippen LogP contribution in [0.3, 0.4) is 0 Å². The van der Waals surface area contributed by atoms with Crippen molar-refractivity contribution in [1.29, 1.82) is 5.26 Å². The molecule has 0 amide bonds. The molecule has 19 heavy (non-hydrogen) atoms. The average Bonchev–Trinajstić information content (AvgIpc) is 2.45. The zero-order valence-corrected chi connectivity index (χ0v) is 10.6. The van der Waals surface area contributed by atoms with Crippen molar-refractivity contribution in [3.05, 3.63) is 54.3 Å². The number of para-hydroxylation sites is 1. The molecule has 2 aromatic rings. The Balaban J connectivity index is 2.16. The summed E-state index contributed by atoms with van der Waals surface area (Å²) in [4.78, 5) is 0. The van der Waals surface area contributed by atoms with E-state index in [-0.39, 0.29) is 5.82 Å². The van der Waals surface area contributed by atoms with E-state index in [1.54, 1.807) is 12.1 Å². The maximum atomic E-state index is 12.9. The summed E-state index contributed by atoms with van der Waals surface area (Å²) in [5.74, 6) is -0.233. The summed E-state index contributed by atoms with van der Waals surface area (Å²) in [6.45, 7) is 0.756. The van der Waals surface area contributed by atoms with Gasteiger partial charge in [-0.2, -0.15) is 5.26 Å². The lowest BCUT2D eigenvalue weighted by Crippen LogP contribution is -2.02. The molecular weight excluding hydrogens is 239 g/mol. The number of nitrogens with zero attached hydrogens (tertiary/aromatic N) is 1. The van der Waals surface area contributed by atoms with Crippen LogP contribution in [0.4, 0.5) is 10.1 Å². The van der Waals surface area contributed by atoms with Gasteiger partial charge in [0.1, 0.15) is 5.82 Å². The van der Waals surface area contributed by atoms with Gasteiger partial charge < -0.3 is 5.32 Å². The van der Waals surface area contributed by atoms with Crippen molar-refractivity contribution >= 4 is 5.69 Å². The van der Waals surface area contributed by atoms with Gasteiger partial charge in [-0.1, -0.05) is 30.3 Å². The monoisotopic (exact) mass is 254 g/mol. The zero-order valence-electron chi connectivity index (χ0n) is 10.6. The molecule has 0 radical (unpaired) electrons. The molecule has 0 aromatic heterocycles. The fourth-order valence-corrected chi connectivity index (χ4v) is 1.91. The number of hydrogen-bond donors (Lipinski definition) is 1. The van der Waals surface area contributed by atoms with Gasteiger partial charge in [0.05, 0.1) is 6.07 Å². The van der Waals surface area contributed by atoms with E-state index >= 15 is 0 Å². The van der Waals surface area contributed by atoms with Crippen LogP contribution in [0, 0.1) is 17.1 Å². The SMILES string of the molecule is N#CCCCNc1ccccc1-c1ccc(F)cc1. The van der Waals surface area contributed by atoms with Gasteiger partial charge in [0.15, 0.2) is 0 Å². The molecule has 96 valence electrons. The average molecular weight is 254 g/mol. The Bertz CT molecular complexity index is 570. The molecule has 1 N–H and O–H groups in total. The highest BCUT2D eigenvalue weighted by Gasteiger charge is 2.04. The second kappa shape index (κ2) is 6.55. The molecule has 0 atom stereocenters. The predicted octanol–water partition coefficient (Wildman–Crippen LogP) is 4.21. The highest BCUT2D eigenvalue weighted by molar-refractivity contribution is 5.77. The van der Waals surface area contributed by atoms with Gasteiger partial charge in [0.25, 0.3) is 0 Å². The maximum absolute atomic E-state index is 12.9. The van der Waals surface area contributed by atoms with Crippen molar-refractivity contribution in [2.75, 3.05) is 11.9 Å². The number of hydrogen-bond acceptors (Lipinski definition) is 2. The largest absolute Gasteiger partial charge is 0.385 e. The normalized spacial score (nSPS) is 9.89. The number of nitriles is 1. The maximum Gasteiger partial charge on any atom is 0.123 e. The van der Waals surface area contributed by atoms with Gasteiger partial charge in [0, 0.05) is 24.2 Å². The second-order valence-electron chi connectivity index (χ2n) is 4.24. The zero-order chi connectivity index (χ0) is 13.5. The van der Waals surface area contributed by atoms with Crippen LogP contribution < -0.4 is 5.32 Å². The third kappa shape index (κ3) is 3.56. The quantitative estimate of drug-likeness (QED) is 0.811. The Morgan fingerprint density at radius 1 is 1.05 bits per heavy atom. The van der Waals surface area contributed by atoms with Crippen LogP contribution in [0.2, 0.25) is 0 Å². The fourth-order valence-electron chi connectivity index (χ4n) is 1.91.